The number of carboxylic acid groups (broad SMARTS) is 3. The van der Waals surface area contributed by atoms with Gasteiger partial charge in [0.2, 0.25) is 11.8 Å². The Kier molecular flexibility index (Phi) is 22.1. The minimum Gasteiger partial charge on any atom is -0.496 e. The first-order chi connectivity index (χ1) is 38.8. The Morgan fingerprint density at radius 1 is 0.679 bits per heavy atom. The van der Waals surface area contributed by atoms with Crippen molar-refractivity contribution in [2.24, 2.45) is 0 Å². The Labute approximate surface area is 479 Å². The first-order valence-corrected chi connectivity index (χ1v) is 27.6. The highest BCUT2D eigenvalue weighted by Gasteiger charge is 2.39. The maximum atomic E-state index is 14.4. The van der Waals surface area contributed by atoms with Crippen LogP contribution in [0.15, 0.2) is 54.6 Å². The van der Waals surface area contributed by atoms with E-state index in [1.54, 1.807) is 73.9 Å². The largest absolute Gasteiger partial charge is 0.496 e. The number of hydrogen-bond donors (Lipinski definition) is 7. The third-order valence-corrected chi connectivity index (χ3v) is 14.5. The van der Waals surface area contributed by atoms with Crippen molar-refractivity contribution >= 4 is 70.5 Å². The molecule has 0 spiro atoms. The van der Waals surface area contributed by atoms with Gasteiger partial charge in [0.1, 0.15) is 18.1 Å². The summed E-state index contributed by atoms with van der Waals surface area (Å²) in [5.41, 5.74) is 3.87. The third-order valence-electron chi connectivity index (χ3n) is 14.0. The molecule has 2 fully saturated rings. The molecule has 0 bridgehead atoms. The SMILES string of the molecule is COc1cc2c(cc1-c1cccc(NC(=O)NCCNC(=O)CCCCCNC(=O)CN3CCN(CC(=O)O)CCN(CC(=O)O)CCN(CC(=O)O)CC3)c1)-c1c(c(C(=O)N3CCOCC3(C)C)nn1-c1cc(Cl)cc(Cl)c1)CO2. The van der Waals surface area contributed by atoms with Crippen LogP contribution in [0.3, 0.4) is 0 Å². The van der Waals surface area contributed by atoms with Crippen molar-refractivity contribution in [3.63, 3.8) is 0 Å². The summed E-state index contributed by atoms with van der Waals surface area (Å²) in [5, 5.41) is 45.4. The van der Waals surface area contributed by atoms with E-state index in [1.807, 2.05) is 30.9 Å². The number of aromatic nitrogens is 2. The molecular weight excluding hydrogens is 1090 g/mol. The monoisotopic (exact) mass is 1160 g/mol. The molecule has 24 nitrogen and oxygen atoms in total. The van der Waals surface area contributed by atoms with Crippen molar-refractivity contribution in [3.05, 3.63) is 75.9 Å². The summed E-state index contributed by atoms with van der Waals surface area (Å²) in [6.45, 7) is 7.42. The predicted octanol–water partition coefficient (Wildman–Crippen LogP) is 4.05. The van der Waals surface area contributed by atoms with Gasteiger partial charge in [-0.1, -0.05) is 41.8 Å². The molecule has 0 aliphatic carbocycles. The van der Waals surface area contributed by atoms with Crippen LogP contribution in [-0.2, 0) is 35.3 Å². The molecule has 4 aromatic rings. The van der Waals surface area contributed by atoms with Crippen LogP contribution >= 0.6 is 23.2 Å². The van der Waals surface area contributed by atoms with Gasteiger partial charge in [-0.15, -0.1) is 0 Å². The van der Waals surface area contributed by atoms with Gasteiger partial charge >= 0.3 is 23.9 Å². The van der Waals surface area contributed by atoms with E-state index in [4.69, 9.17) is 42.5 Å². The van der Waals surface area contributed by atoms with E-state index < -0.39 is 29.5 Å². The van der Waals surface area contributed by atoms with E-state index in [-0.39, 0.29) is 102 Å². The Morgan fingerprint density at radius 3 is 1.86 bits per heavy atom. The van der Waals surface area contributed by atoms with E-state index in [1.165, 1.54) is 0 Å². The number of hydrogen-bond acceptors (Lipinski definition) is 15. The highest BCUT2D eigenvalue weighted by atomic mass is 35.5. The minimum absolute atomic E-state index is 0.00890. The zero-order valence-electron chi connectivity index (χ0n) is 45.8. The number of carbonyl (C=O) groups is 7. The van der Waals surface area contributed by atoms with Crippen molar-refractivity contribution in [3.8, 4) is 39.6 Å². The molecule has 7 rings (SSSR count). The molecule has 0 saturated carbocycles. The Balaban J connectivity index is 0.876. The first kappa shape index (κ1) is 61.6. The molecule has 1 aromatic heterocycles. The van der Waals surface area contributed by atoms with Crippen LogP contribution < -0.4 is 30.7 Å². The smallest absolute Gasteiger partial charge is 0.319 e. The third kappa shape index (κ3) is 17.7. The lowest BCUT2D eigenvalue weighted by atomic mass is 9.95. The number of anilines is 1. The molecule has 7 N–H and O–H groups in total. The van der Waals surface area contributed by atoms with Crippen molar-refractivity contribution in [1.29, 1.82) is 0 Å². The molecule has 4 heterocycles. The van der Waals surface area contributed by atoms with Gasteiger partial charge in [0.05, 0.1) is 63.4 Å². The van der Waals surface area contributed by atoms with Crippen LogP contribution in [0.4, 0.5) is 10.5 Å². The second kappa shape index (κ2) is 29.1. The number of morpholine rings is 1. The van der Waals surface area contributed by atoms with Crippen molar-refractivity contribution < 1.29 is 63.1 Å². The summed E-state index contributed by atoms with van der Waals surface area (Å²) >= 11 is 13.0. The maximum absolute atomic E-state index is 14.4. The highest BCUT2D eigenvalue weighted by molar-refractivity contribution is 6.34. The fourth-order valence-corrected chi connectivity index (χ4v) is 10.4. The summed E-state index contributed by atoms with van der Waals surface area (Å²) in [5.74, 6) is -2.80. The van der Waals surface area contributed by atoms with Crippen molar-refractivity contribution in [2.45, 2.75) is 51.7 Å². The minimum atomic E-state index is -1.04. The average molecular weight is 1170 g/mol. The molecule has 5 amide bonds. The Bertz CT molecular complexity index is 2870. The van der Waals surface area contributed by atoms with Crippen LogP contribution in [0.1, 0.15) is 55.6 Å². The molecule has 0 radical (unpaired) electrons. The lowest BCUT2D eigenvalue weighted by Crippen LogP contribution is -2.55. The summed E-state index contributed by atoms with van der Waals surface area (Å²) < 4.78 is 19.6. The number of benzene rings is 3. The van der Waals surface area contributed by atoms with Gasteiger partial charge in [0.25, 0.3) is 5.91 Å². The van der Waals surface area contributed by atoms with E-state index >= 15 is 0 Å². The first-order valence-electron chi connectivity index (χ1n) is 26.8. The molecule has 0 atom stereocenters. The highest BCUT2D eigenvalue weighted by Crippen LogP contribution is 2.47. The number of amides is 5. The number of ether oxygens (including phenoxy) is 3. The van der Waals surface area contributed by atoms with Crippen molar-refractivity contribution in [2.75, 3.05) is 130 Å². The number of methoxy groups -OCH3 is 1. The number of carbonyl (C=O) groups excluding carboxylic acids is 4. The number of aliphatic carboxylic acids is 3. The molecule has 0 unspecified atom stereocenters. The topological polar surface area (TPSA) is 290 Å². The summed E-state index contributed by atoms with van der Waals surface area (Å²) in [4.78, 5) is 96.5. The van der Waals surface area contributed by atoms with E-state index in [2.05, 4.69) is 21.3 Å². The summed E-state index contributed by atoms with van der Waals surface area (Å²) in [6, 6.07) is 15.5. The Hall–Kier alpha value is -7.06. The van der Waals surface area contributed by atoms with Gasteiger partial charge in [0, 0.05) is 123 Å². The fraction of sp³-hybridized carbons (Fsp3) is 0.491. The number of urea groups is 1. The van der Waals surface area contributed by atoms with Gasteiger partial charge in [0.15, 0.2) is 5.69 Å². The van der Waals surface area contributed by atoms with E-state index in [9.17, 15) is 48.9 Å². The second-order valence-corrected chi connectivity index (χ2v) is 21.5. The van der Waals surface area contributed by atoms with Crippen LogP contribution in [0.25, 0.3) is 28.1 Å². The normalized spacial score (nSPS) is 16.3. The molecule has 438 valence electrons. The maximum Gasteiger partial charge on any atom is 0.319 e. The van der Waals surface area contributed by atoms with Crippen LogP contribution in [-0.4, -0.2) is 222 Å². The quantitative estimate of drug-likeness (QED) is 0.0546. The van der Waals surface area contributed by atoms with Crippen molar-refractivity contribution in [1.82, 2.24) is 50.2 Å². The molecule has 3 aromatic carbocycles. The fourth-order valence-electron chi connectivity index (χ4n) is 9.92. The van der Waals surface area contributed by atoms with Gasteiger partial charge < -0.3 is 55.7 Å². The molecule has 81 heavy (non-hydrogen) atoms. The number of halogens is 2. The number of nitrogens with one attached hydrogen (secondary N) is 4. The summed E-state index contributed by atoms with van der Waals surface area (Å²) in [7, 11) is 1.55. The Morgan fingerprint density at radius 2 is 1.27 bits per heavy atom. The summed E-state index contributed by atoms with van der Waals surface area (Å²) in [6.07, 6.45) is 2.09. The molecule has 26 heteroatoms. The number of fused-ring (bicyclic) bond motifs is 3. The predicted molar refractivity (Wildman–Crippen MR) is 301 cm³/mol. The number of unbranched alkanes of at least 4 members (excludes halogenated alkanes) is 2. The number of nitrogens with zero attached hydrogens (tertiary/aromatic N) is 7. The molecular formula is C55H71Cl2N11O13. The van der Waals surface area contributed by atoms with Crippen LogP contribution in [0, 0.1) is 0 Å². The van der Waals surface area contributed by atoms with Gasteiger partial charge in [-0.2, -0.15) is 5.10 Å². The van der Waals surface area contributed by atoms with E-state index in [0.29, 0.717) is 133 Å². The average Bonchev–Trinajstić information content (AvgIpc) is 3.84. The standard InChI is InChI=1S/C55H71Cl2N11O13/c1-55(2)35-80-23-22-67(55)53(77)51-43-34-81-45-29-44(79-3)41(28-42(45)52(43)68(62-51)40-26-37(56)25-38(57)27-40)36-8-7-9-39(24-36)61-54(78)60-13-12-59-46(69)10-5-4-6-11-58-47(70)30-63-14-16-64(31-48(71)72)18-20-66(33-50(75)76)21-19-65(17-15-63)32-49(73)74/h7-9,24-29H,4-6,10-23,30-35H2,1-3H3,(H,58,70)(H,59,69)(H,71,72)(H,73,74)(H,75,76)(H2,60,61,78). The van der Waals surface area contributed by atoms with Crippen LogP contribution in [0.2, 0.25) is 10.0 Å². The zero-order valence-corrected chi connectivity index (χ0v) is 47.3. The molecule has 2 saturated heterocycles. The number of rotatable bonds is 22. The zero-order chi connectivity index (χ0) is 58.2. The van der Waals surface area contributed by atoms with Gasteiger partial charge in [-0.25, -0.2) is 9.48 Å². The lowest BCUT2D eigenvalue weighted by molar-refractivity contribution is -0.140. The second-order valence-electron chi connectivity index (χ2n) is 20.6. The lowest BCUT2D eigenvalue weighted by Gasteiger charge is -2.41. The van der Waals surface area contributed by atoms with Gasteiger partial charge in [-0.05, 0) is 68.7 Å². The molecule has 3 aliphatic heterocycles. The van der Waals surface area contributed by atoms with Crippen LogP contribution in [0.5, 0.6) is 11.5 Å². The van der Waals surface area contributed by atoms with E-state index in [0.717, 1.165) is 0 Å². The van der Waals surface area contributed by atoms with Gasteiger partial charge in [-0.3, -0.25) is 48.4 Å². The number of carboxylic acids is 3. The molecule has 3 aliphatic rings.